The van der Waals surface area contributed by atoms with E-state index in [-0.39, 0.29) is 12.4 Å². The molecule has 0 bridgehead atoms. The van der Waals surface area contributed by atoms with Crippen molar-refractivity contribution in [2.75, 3.05) is 19.8 Å². The molecule has 23 heavy (non-hydrogen) atoms. The summed E-state index contributed by atoms with van der Waals surface area (Å²) in [5.41, 5.74) is 1.17. The number of ketones is 1. The van der Waals surface area contributed by atoms with Crippen molar-refractivity contribution >= 4 is 11.9 Å². The summed E-state index contributed by atoms with van der Waals surface area (Å²) in [5, 5.41) is 0. The zero-order chi connectivity index (χ0) is 17.0. The van der Waals surface area contributed by atoms with Gasteiger partial charge in [-0.15, -0.1) is 0 Å². The fourth-order valence-electron chi connectivity index (χ4n) is 2.46. The number of ether oxygens (including phenoxy) is 2. The molecular formula is C18H25NO4. The number of Topliss-reactive ketones (excluding diaryl/α,β-unsaturated/α-hetero) is 1. The molecule has 1 amide bonds. The Kier molecular flexibility index (Phi) is 5.42. The number of hydrogen-bond acceptors (Lipinski definition) is 4. The van der Waals surface area contributed by atoms with Gasteiger partial charge in [-0.25, -0.2) is 4.79 Å². The van der Waals surface area contributed by atoms with E-state index >= 15 is 0 Å². The molecule has 0 aliphatic carbocycles. The highest BCUT2D eigenvalue weighted by molar-refractivity contribution is 6.01. The molecule has 0 aromatic heterocycles. The predicted octanol–water partition coefficient (Wildman–Crippen LogP) is 3.07. The molecule has 5 heteroatoms. The molecule has 1 fully saturated rings. The second-order valence-electron chi connectivity index (χ2n) is 6.68. The molecule has 1 unspecified atom stereocenters. The van der Waals surface area contributed by atoms with Crippen LogP contribution in [0.5, 0.6) is 0 Å². The molecule has 1 aliphatic rings. The van der Waals surface area contributed by atoms with Crippen molar-refractivity contribution < 1.29 is 19.1 Å². The zero-order valence-electron chi connectivity index (χ0n) is 14.3. The molecule has 0 radical (unpaired) electrons. The van der Waals surface area contributed by atoms with E-state index in [0.29, 0.717) is 18.7 Å². The highest BCUT2D eigenvalue weighted by Crippen LogP contribution is 2.18. The van der Waals surface area contributed by atoms with E-state index in [9.17, 15) is 9.59 Å². The minimum atomic E-state index is -0.633. The van der Waals surface area contributed by atoms with Gasteiger partial charge >= 0.3 is 6.09 Å². The monoisotopic (exact) mass is 319 g/mol. The minimum absolute atomic E-state index is 0.113. The topological polar surface area (TPSA) is 55.8 Å². The molecule has 2 rings (SSSR count). The fraction of sp³-hybridized carbons (Fsp3) is 0.556. The van der Waals surface area contributed by atoms with Crippen LogP contribution in [-0.4, -0.2) is 48.2 Å². The van der Waals surface area contributed by atoms with Crippen LogP contribution in [0.2, 0.25) is 0 Å². The number of benzene rings is 1. The Hall–Kier alpha value is -1.88. The Morgan fingerprint density at radius 3 is 2.48 bits per heavy atom. The molecule has 1 saturated heterocycles. The van der Waals surface area contributed by atoms with E-state index < -0.39 is 17.7 Å². The number of carbonyl (C=O) groups excluding carboxylic acids is 2. The van der Waals surface area contributed by atoms with Crippen molar-refractivity contribution in [1.82, 2.24) is 4.90 Å². The Morgan fingerprint density at radius 2 is 1.91 bits per heavy atom. The maximum atomic E-state index is 12.8. The normalized spacial score (nSPS) is 18.6. The van der Waals surface area contributed by atoms with Gasteiger partial charge in [0.15, 0.2) is 5.78 Å². The first-order valence-corrected chi connectivity index (χ1v) is 8.02. The van der Waals surface area contributed by atoms with E-state index in [0.717, 1.165) is 6.42 Å². The third kappa shape index (κ3) is 4.55. The Balaban J connectivity index is 2.16. The standard InChI is InChI=1S/C18H25NO4/c1-5-13-6-8-14(9-7-13)16(20)15-12-22-11-10-19(15)17(21)23-18(2,3)4/h6-9,15H,5,10-12H2,1-4H3. The van der Waals surface area contributed by atoms with Crippen molar-refractivity contribution in [2.45, 2.75) is 45.8 Å². The molecule has 1 atom stereocenters. The number of rotatable bonds is 3. The van der Waals surface area contributed by atoms with Gasteiger partial charge in [0, 0.05) is 12.1 Å². The summed E-state index contributed by atoms with van der Waals surface area (Å²) in [6.45, 7) is 8.47. The number of carbonyl (C=O) groups is 2. The van der Waals surface area contributed by atoms with Crippen molar-refractivity contribution in [1.29, 1.82) is 0 Å². The van der Waals surface area contributed by atoms with Gasteiger partial charge in [-0.05, 0) is 32.8 Å². The second-order valence-corrected chi connectivity index (χ2v) is 6.68. The van der Waals surface area contributed by atoms with Crippen LogP contribution < -0.4 is 0 Å². The lowest BCUT2D eigenvalue weighted by molar-refractivity contribution is -0.0265. The average molecular weight is 319 g/mol. The van der Waals surface area contributed by atoms with Crippen LogP contribution in [0.25, 0.3) is 0 Å². The number of hydrogen-bond donors (Lipinski definition) is 0. The third-order valence-electron chi connectivity index (χ3n) is 3.71. The first-order chi connectivity index (χ1) is 10.8. The van der Waals surface area contributed by atoms with E-state index in [1.807, 2.05) is 45.0 Å². The van der Waals surface area contributed by atoms with E-state index in [4.69, 9.17) is 9.47 Å². The van der Waals surface area contributed by atoms with Crippen molar-refractivity contribution in [3.05, 3.63) is 35.4 Å². The van der Waals surface area contributed by atoms with E-state index in [1.165, 1.54) is 10.5 Å². The van der Waals surface area contributed by atoms with Gasteiger partial charge in [-0.3, -0.25) is 9.69 Å². The van der Waals surface area contributed by atoms with Crippen LogP contribution in [-0.2, 0) is 15.9 Å². The predicted molar refractivity (Wildman–Crippen MR) is 87.7 cm³/mol. The quantitative estimate of drug-likeness (QED) is 0.804. The molecular weight excluding hydrogens is 294 g/mol. The Morgan fingerprint density at radius 1 is 1.26 bits per heavy atom. The SMILES string of the molecule is CCc1ccc(C(=O)C2COCCN2C(=O)OC(C)(C)C)cc1. The lowest BCUT2D eigenvalue weighted by atomic mass is 10.0. The van der Waals surface area contributed by atoms with E-state index in [2.05, 4.69) is 6.92 Å². The maximum Gasteiger partial charge on any atom is 0.411 e. The smallest absolute Gasteiger partial charge is 0.411 e. The average Bonchev–Trinajstić information content (AvgIpc) is 2.52. The molecule has 126 valence electrons. The molecule has 5 nitrogen and oxygen atoms in total. The maximum absolute atomic E-state index is 12.8. The second kappa shape index (κ2) is 7.13. The molecule has 0 saturated carbocycles. The summed E-state index contributed by atoms with van der Waals surface area (Å²) in [5.74, 6) is -0.113. The number of amides is 1. The van der Waals surface area contributed by atoms with Crippen molar-refractivity contribution in [2.24, 2.45) is 0 Å². The van der Waals surface area contributed by atoms with Gasteiger partial charge in [-0.2, -0.15) is 0 Å². The number of morpholine rings is 1. The number of nitrogens with zero attached hydrogens (tertiary/aromatic N) is 1. The van der Waals surface area contributed by atoms with Gasteiger partial charge in [0.2, 0.25) is 0 Å². The molecule has 1 heterocycles. The van der Waals surface area contributed by atoms with Crippen molar-refractivity contribution in [3.8, 4) is 0 Å². The lowest BCUT2D eigenvalue weighted by Gasteiger charge is -2.35. The Bertz CT molecular complexity index is 559. The summed E-state index contributed by atoms with van der Waals surface area (Å²) >= 11 is 0. The van der Waals surface area contributed by atoms with Crippen molar-refractivity contribution in [3.63, 3.8) is 0 Å². The first-order valence-electron chi connectivity index (χ1n) is 8.02. The third-order valence-corrected chi connectivity index (χ3v) is 3.71. The van der Waals surface area contributed by atoms with Crippen LogP contribution in [0.1, 0.15) is 43.6 Å². The van der Waals surface area contributed by atoms with Gasteiger partial charge < -0.3 is 9.47 Å². The van der Waals surface area contributed by atoms with Gasteiger partial charge in [0.05, 0.1) is 13.2 Å². The van der Waals surface area contributed by atoms with Crippen LogP contribution in [0.4, 0.5) is 4.79 Å². The van der Waals surface area contributed by atoms with Gasteiger partial charge in [-0.1, -0.05) is 31.2 Å². The molecule has 0 N–H and O–H groups in total. The molecule has 1 aromatic rings. The van der Waals surface area contributed by atoms with Crippen LogP contribution in [0.15, 0.2) is 24.3 Å². The first kappa shape index (κ1) is 17.5. The molecule has 1 aromatic carbocycles. The molecule has 1 aliphatic heterocycles. The van der Waals surface area contributed by atoms with E-state index in [1.54, 1.807) is 0 Å². The van der Waals surface area contributed by atoms with Crippen LogP contribution >= 0.6 is 0 Å². The molecule has 0 spiro atoms. The highest BCUT2D eigenvalue weighted by Gasteiger charge is 2.35. The highest BCUT2D eigenvalue weighted by atomic mass is 16.6. The van der Waals surface area contributed by atoms with Crippen LogP contribution in [0, 0.1) is 0 Å². The number of aryl methyl sites for hydroxylation is 1. The van der Waals surface area contributed by atoms with Crippen LogP contribution in [0.3, 0.4) is 0 Å². The summed E-state index contributed by atoms with van der Waals surface area (Å²) in [7, 11) is 0. The fourth-order valence-corrected chi connectivity index (χ4v) is 2.46. The zero-order valence-corrected chi connectivity index (χ0v) is 14.3. The summed E-state index contributed by atoms with van der Waals surface area (Å²) in [6, 6.07) is 6.86. The lowest BCUT2D eigenvalue weighted by Crippen LogP contribution is -2.53. The summed E-state index contributed by atoms with van der Waals surface area (Å²) in [4.78, 5) is 26.6. The minimum Gasteiger partial charge on any atom is -0.444 e. The summed E-state index contributed by atoms with van der Waals surface area (Å²) in [6.07, 6.45) is 0.453. The van der Waals surface area contributed by atoms with Gasteiger partial charge in [0.1, 0.15) is 11.6 Å². The largest absolute Gasteiger partial charge is 0.444 e. The Labute approximate surface area is 137 Å². The summed E-state index contributed by atoms with van der Waals surface area (Å²) < 4.78 is 10.8. The van der Waals surface area contributed by atoms with Gasteiger partial charge in [0.25, 0.3) is 0 Å².